The van der Waals surface area contributed by atoms with Gasteiger partial charge in [0, 0.05) is 0 Å². The van der Waals surface area contributed by atoms with Gasteiger partial charge >= 0.3 is 5.97 Å². The highest BCUT2D eigenvalue weighted by molar-refractivity contribution is 7.92. The van der Waals surface area contributed by atoms with E-state index in [1.165, 1.54) is 12.1 Å². The molecule has 0 aliphatic rings. The van der Waals surface area contributed by atoms with E-state index in [0.717, 1.165) is 17.5 Å². The molecule has 2 rings (SSSR count). The third-order valence-electron chi connectivity index (χ3n) is 4.54. The molecular formula is C20H24O4S. The summed E-state index contributed by atoms with van der Waals surface area (Å²) in [6, 6.07) is 16.1. The molecule has 0 spiro atoms. The number of carbonyl (C=O) groups is 1. The van der Waals surface area contributed by atoms with Crippen LogP contribution in [0.2, 0.25) is 0 Å². The van der Waals surface area contributed by atoms with E-state index in [-0.39, 0.29) is 17.2 Å². The number of benzene rings is 2. The fourth-order valence-electron chi connectivity index (χ4n) is 2.99. The molecule has 0 radical (unpaired) electrons. The molecule has 0 aromatic heterocycles. The molecule has 4 nitrogen and oxygen atoms in total. The van der Waals surface area contributed by atoms with Gasteiger partial charge in [-0.2, -0.15) is 0 Å². The van der Waals surface area contributed by atoms with E-state index >= 15 is 0 Å². The lowest BCUT2D eigenvalue weighted by Gasteiger charge is -2.19. The SMILES string of the molecule is CCC(CCC(C(=O)O)S(=O)(=O)c1ccc(C)cc1)c1ccccc1. The molecule has 5 heteroatoms. The van der Waals surface area contributed by atoms with Gasteiger partial charge in [-0.05, 0) is 49.8 Å². The van der Waals surface area contributed by atoms with E-state index in [1.807, 2.05) is 44.2 Å². The van der Waals surface area contributed by atoms with Crippen LogP contribution in [0.1, 0.15) is 43.2 Å². The maximum Gasteiger partial charge on any atom is 0.322 e. The lowest BCUT2D eigenvalue weighted by atomic mass is 9.91. The van der Waals surface area contributed by atoms with Crippen molar-refractivity contribution in [2.45, 2.75) is 49.2 Å². The predicted octanol–water partition coefficient (Wildman–Crippen LogP) is 4.20. The molecule has 0 saturated carbocycles. The Labute approximate surface area is 149 Å². The summed E-state index contributed by atoms with van der Waals surface area (Å²) in [6.07, 6.45) is 1.45. The Kier molecular flexibility index (Phi) is 6.37. The van der Waals surface area contributed by atoms with Crippen LogP contribution in [0.25, 0.3) is 0 Å². The number of aliphatic carboxylic acids is 1. The Hall–Kier alpha value is -2.14. The second-order valence-corrected chi connectivity index (χ2v) is 8.41. The van der Waals surface area contributed by atoms with Crippen molar-refractivity contribution in [3.8, 4) is 0 Å². The Balaban J connectivity index is 2.20. The number of aryl methyl sites for hydroxylation is 1. The fraction of sp³-hybridized carbons (Fsp3) is 0.350. The monoisotopic (exact) mass is 360 g/mol. The van der Waals surface area contributed by atoms with Crippen molar-refractivity contribution in [1.82, 2.24) is 0 Å². The van der Waals surface area contributed by atoms with Crippen molar-refractivity contribution >= 4 is 15.8 Å². The largest absolute Gasteiger partial charge is 0.480 e. The maximum atomic E-state index is 12.7. The topological polar surface area (TPSA) is 71.4 Å². The minimum absolute atomic E-state index is 0.0678. The van der Waals surface area contributed by atoms with Crippen LogP contribution in [-0.4, -0.2) is 24.7 Å². The molecule has 0 aliphatic heterocycles. The number of hydrogen-bond donors (Lipinski definition) is 1. The van der Waals surface area contributed by atoms with Crippen LogP contribution >= 0.6 is 0 Å². The van der Waals surface area contributed by atoms with Crippen molar-refractivity contribution in [3.63, 3.8) is 0 Å². The average Bonchev–Trinajstić information content (AvgIpc) is 2.59. The second-order valence-electron chi connectivity index (χ2n) is 6.28. The molecule has 2 unspecified atom stereocenters. The summed E-state index contributed by atoms with van der Waals surface area (Å²) < 4.78 is 25.5. The van der Waals surface area contributed by atoms with Gasteiger partial charge in [-0.25, -0.2) is 8.42 Å². The van der Waals surface area contributed by atoms with Crippen LogP contribution < -0.4 is 0 Å². The van der Waals surface area contributed by atoms with Crippen molar-refractivity contribution < 1.29 is 18.3 Å². The van der Waals surface area contributed by atoms with Crippen molar-refractivity contribution in [2.24, 2.45) is 0 Å². The lowest BCUT2D eigenvalue weighted by Crippen LogP contribution is -2.30. The standard InChI is InChI=1S/C20H24O4S/c1-3-16(17-7-5-4-6-8-17)11-14-19(20(21)22)25(23,24)18-12-9-15(2)10-13-18/h4-10,12-13,16,19H,3,11,14H2,1-2H3,(H,21,22). The van der Waals surface area contributed by atoms with Gasteiger partial charge in [0.1, 0.15) is 0 Å². The molecule has 25 heavy (non-hydrogen) atoms. The Morgan fingerprint density at radius 1 is 1.00 bits per heavy atom. The van der Waals surface area contributed by atoms with Crippen molar-refractivity contribution in [3.05, 3.63) is 65.7 Å². The van der Waals surface area contributed by atoms with Gasteiger partial charge in [0.25, 0.3) is 0 Å². The number of carboxylic acid groups (broad SMARTS) is 1. The molecular weight excluding hydrogens is 336 g/mol. The molecule has 2 aromatic carbocycles. The van der Waals surface area contributed by atoms with Gasteiger partial charge in [-0.3, -0.25) is 4.79 Å². The third kappa shape index (κ3) is 4.69. The lowest BCUT2D eigenvalue weighted by molar-refractivity contribution is -0.136. The molecule has 1 N–H and O–H groups in total. The molecule has 134 valence electrons. The number of hydrogen-bond acceptors (Lipinski definition) is 3. The highest BCUT2D eigenvalue weighted by atomic mass is 32.2. The summed E-state index contributed by atoms with van der Waals surface area (Å²) in [6.45, 7) is 3.89. The van der Waals surface area contributed by atoms with Crippen LogP contribution in [0.15, 0.2) is 59.5 Å². The summed E-state index contributed by atoms with van der Waals surface area (Å²) in [7, 11) is -3.90. The van der Waals surface area contributed by atoms with Crippen molar-refractivity contribution in [1.29, 1.82) is 0 Å². The third-order valence-corrected chi connectivity index (χ3v) is 6.66. The fourth-order valence-corrected chi connectivity index (χ4v) is 4.54. The quantitative estimate of drug-likeness (QED) is 0.766. The first kappa shape index (κ1) is 19.2. The van der Waals surface area contributed by atoms with Gasteiger partial charge in [0.15, 0.2) is 15.1 Å². The molecule has 2 aromatic rings. The van der Waals surface area contributed by atoms with E-state index in [1.54, 1.807) is 12.1 Å². The average molecular weight is 360 g/mol. The van der Waals surface area contributed by atoms with E-state index in [4.69, 9.17) is 0 Å². The summed E-state index contributed by atoms with van der Waals surface area (Å²) in [4.78, 5) is 11.7. The van der Waals surface area contributed by atoms with Gasteiger partial charge < -0.3 is 5.11 Å². The molecule has 0 bridgehead atoms. The molecule has 0 heterocycles. The smallest absolute Gasteiger partial charge is 0.322 e. The first-order valence-corrected chi connectivity index (χ1v) is 9.99. The second kappa shape index (κ2) is 8.30. The Morgan fingerprint density at radius 3 is 2.12 bits per heavy atom. The first-order chi connectivity index (χ1) is 11.9. The van der Waals surface area contributed by atoms with E-state index < -0.39 is 21.1 Å². The van der Waals surface area contributed by atoms with Crippen LogP contribution in [0, 0.1) is 6.92 Å². The summed E-state index contributed by atoms with van der Waals surface area (Å²) >= 11 is 0. The molecule has 0 aliphatic carbocycles. The van der Waals surface area contributed by atoms with E-state index in [2.05, 4.69) is 0 Å². The molecule has 0 fully saturated rings. The van der Waals surface area contributed by atoms with Crippen LogP contribution in [0.4, 0.5) is 0 Å². The van der Waals surface area contributed by atoms with E-state index in [9.17, 15) is 18.3 Å². The minimum atomic E-state index is -3.90. The number of rotatable bonds is 8. The number of carboxylic acids is 1. The van der Waals surface area contributed by atoms with Crippen LogP contribution in [-0.2, 0) is 14.6 Å². The minimum Gasteiger partial charge on any atom is -0.480 e. The highest BCUT2D eigenvalue weighted by Gasteiger charge is 2.34. The van der Waals surface area contributed by atoms with Crippen molar-refractivity contribution in [2.75, 3.05) is 0 Å². The molecule has 0 saturated heterocycles. The van der Waals surface area contributed by atoms with Gasteiger partial charge in [0.05, 0.1) is 4.90 Å². The highest BCUT2D eigenvalue weighted by Crippen LogP contribution is 2.28. The Morgan fingerprint density at radius 2 is 1.60 bits per heavy atom. The maximum absolute atomic E-state index is 12.7. The zero-order chi connectivity index (χ0) is 18.4. The van der Waals surface area contributed by atoms with Gasteiger partial charge in [-0.1, -0.05) is 55.0 Å². The van der Waals surface area contributed by atoms with Crippen LogP contribution in [0.5, 0.6) is 0 Å². The zero-order valence-corrected chi connectivity index (χ0v) is 15.4. The first-order valence-electron chi connectivity index (χ1n) is 8.44. The normalized spacial score (nSPS) is 14.0. The Bertz CT molecular complexity index is 795. The summed E-state index contributed by atoms with van der Waals surface area (Å²) in [5, 5.41) is 8.08. The summed E-state index contributed by atoms with van der Waals surface area (Å²) in [5.41, 5.74) is 2.04. The van der Waals surface area contributed by atoms with Gasteiger partial charge in [-0.15, -0.1) is 0 Å². The van der Waals surface area contributed by atoms with E-state index in [0.29, 0.717) is 6.42 Å². The summed E-state index contributed by atoms with van der Waals surface area (Å²) in [5.74, 6) is -1.14. The van der Waals surface area contributed by atoms with Gasteiger partial charge in [0.2, 0.25) is 0 Å². The molecule has 2 atom stereocenters. The molecule has 0 amide bonds. The zero-order valence-electron chi connectivity index (χ0n) is 14.6. The number of sulfone groups is 1. The van der Waals surface area contributed by atoms with Crippen LogP contribution in [0.3, 0.4) is 0 Å². The predicted molar refractivity (Wildman–Crippen MR) is 98.5 cm³/mol.